The van der Waals surface area contributed by atoms with Crippen molar-refractivity contribution < 1.29 is 9.59 Å². The van der Waals surface area contributed by atoms with Crippen molar-refractivity contribution >= 4 is 40.3 Å². The van der Waals surface area contributed by atoms with Crippen LogP contribution in [0.2, 0.25) is 0 Å². The molecule has 2 N–H and O–H groups in total. The molecule has 5 rings (SSSR count). The van der Waals surface area contributed by atoms with Gasteiger partial charge in [-0.25, -0.2) is 4.98 Å². The van der Waals surface area contributed by atoms with Crippen LogP contribution in [0.15, 0.2) is 36.8 Å². The summed E-state index contributed by atoms with van der Waals surface area (Å²) in [6.45, 7) is 4.57. The molecule has 1 saturated carbocycles. The summed E-state index contributed by atoms with van der Waals surface area (Å²) in [6.07, 6.45) is 10.5. The fraction of sp³-hybridized carbons (Fsp3) is 0.481. The topological polar surface area (TPSA) is 95.4 Å². The average molecular weight is 522 g/mol. The van der Waals surface area contributed by atoms with Gasteiger partial charge in [0.15, 0.2) is 5.82 Å². The van der Waals surface area contributed by atoms with Gasteiger partial charge in [0.1, 0.15) is 6.04 Å². The Kier molecular flexibility index (Phi) is 7.45. The third-order valence-electron chi connectivity index (χ3n) is 7.26. The summed E-state index contributed by atoms with van der Waals surface area (Å²) in [4.78, 5) is 37.3. The summed E-state index contributed by atoms with van der Waals surface area (Å²) >= 11 is 1.49. The molecule has 0 spiro atoms. The molecular formula is C27H35N7O2S. The smallest absolute Gasteiger partial charge is 0.262 e. The lowest BCUT2D eigenvalue weighted by atomic mass is 9.97. The second-order valence-corrected chi connectivity index (χ2v) is 11.4. The van der Waals surface area contributed by atoms with Crippen LogP contribution in [0.25, 0.3) is 0 Å². The van der Waals surface area contributed by atoms with Crippen molar-refractivity contribution in [2.24, 2.45) is 13.0 Å². The molecular weight excluding hydrogens is 486 g/mol. The Hall–Kier alpha value is -3.40. The Bertz CT molecular complexity index is 1260. The number of likely N-dealkylation sites (N-methyl/N-ethyl adjacent to an activating group) is 1. The van der Waals surface area contributed by atoms with Gasteiger partial charge in [0.05, 0.1) is 29.0 Å². The Labute approximate surface area is 221 Å². The number of rotatable bonds is 8. The molecule has 9 nitrogen and oxygen atoms in total. The van der Waals surface area contributed by atoms with E-state index in [2.05, 4.69) is 50.6 Å². The van der Waals surface area contributed by atoms with Crippen molar-refractivity contribution in [1.29, 1.82) is 0 Å². The van der Waals surface area contributed by atoms with Crippen LogP contribution in [-0.2, 0) is 18.4 Å². The molecule has 2 aliphatic rings. The number of aryl methyl sites for hydroxylation is 2. The lowest BCUT2D eigenvalue weighted by Crippen LogP contribution is -2.44. The minimum atomic E-state index is -0.583. The van der Waals surface area contributed by atoms with Crippen molar-refractivity contribution in [2.45, 2.75) is 51.6 Å². The Morgan fingerprint density at radius 3 is 2.73 bits per heavy atom. The van der Waals surface area contributed by atoms with E-state index < -0.39 is 6.04 Å². The number of nitrogens with one attached hydrogen (secondary N) is 2. The van der Waals surface area contributed by atoms with Crippen molar-refractivity contribution in [3.63, 3.8) is 0 Å². The second kappa shape index (κ2) is 10.9. The van der Waals surface area contributed by atoms with E-state index in [1.165, 1.54) is 24.2 Å². The molecule has 0 radical (unpaired) electrons. The van der Waals surface area contributed by atoms with Crippen molar-refractivity contribution in [3.8, 4) is 0 Å². The first kappa shape index (κ1) is 25.3. The zero-order valence-electron chi connectivity index (χ0n) is 21.7. The maximum Gasteiger partial charge on any atom is 0.262 e. The summed E-state index contributed by atoms with van der Waals surface area (Å²) < 4.78 is 1.64. The molecule has 4 heterocycles. The first-order chi connectivity index (χ1) is 17.9. The van der Waals surface area contributed by atoms with Gasteiger partial charge in [-0.2, -0.15) is 5.10 Å². The van der Waals surface area contributed by atoms with Gasteiger partial charge in [0.25, 0.3) is 5.91 Å². The molecule has 0 aromatic carbocycles. The van der Waals surface area contributed by atoms with Crippen LogP contribution >= 0.6 is 11.3 Å². The van der Waals surface area contributed by atoms with Gasteiger partial charge in [0.2, 0.25) is 5.91 Å². The zero-order valence-corrected chi connectivity index (χ0v) is 22.6. The highest BCUT2D eigenvalue weighted by Crippen LogP contribution is 2.33. The second-order valence-electron chi connectivity index (χ2n) is 10.3. The monoisotopic (exact) mass is 521 g/mol. The minimum Gasteiger partial charge on any atom is -0.362 e. The van der Waals surface area contributed by atoms with Crippen molar-refractivity contribution in [2.75, 3.05) is 35.3 Å². The predicted octanol–water partition coefficient (Wildman–Crippen LogP) is 3.96. The molecule has 196 valence electrons. The van der Waals surface area contributed by atoms with Gasteiger partial charge in [-0.1, -0.05) is 25.7 Å². The SMILES string of the molecule is Cc1cnc2c(c1)N(Cc1ccc(C(=O)N[C@@H](CC3CCCC3)C(=O)Nc3cnn(C)c3)s1)CCN2C. The van der Waals surface area contributed by atoms with Crippen molar-refractivity contribution in [1.82, 2.24) is 20.1 Å². The van der Waals surface area contributed by atoms with Gasteiger partial charge >= 0.3 is 0 Å². The third-order valence-corrected chi connectivity index (χ3v) is 8.33. The fourth-order valence-corrected chi connectivity index (χ4v) is 6.19. The van der Waals surface area contributed by atoms with Crippen LogP contribution < -0.4 is 20.4 Å². The molecule has 0 unspecified atom stereocenters. The summed E-state index contributed by atoms with van der Waals surface area (Å²) in [5, 5.41) is 10.1. The molecule has 0 saturated heterocycles. The van der Waals surface area contributed by atoms with Crippen LogP contribution in [0.5, 0.6) is 0 Å². The number of amides is 2. The van der Waals surface area contributed by atoms with E-state index in [-0.39, 0.29) is 11.8 Å². The van der Waals surface area contributed by atoms with Crippen LogP contribution in [0.3, 0.4) is 0 Å². The standard InChI is InChI=1S/C27H35N7O2S/c1-18-12-23-25(28-14-18)32(2)10-11-34(23)17-21-8-9-24(37-21)27(36)31-22(13-19-6-4-5-7-19)26(35)30-20-15-29-33(3)16-20/h8-9,12,14-16,19,22H,4-7,10-11,13,17H2,1-3H3,(H,30,35)(H,31,36)/t22-/m0/s1. The Balaban J connectivity index is 1.27. The summed E-state index contributed by atoms with van der Waals surface area (Å²) in [5.41, 5.74) is 2.88. The Morgan fingerprint density at radius 2 is 1.97 bits per heavy atom. The number of fused-ring (bicyclic) bond motifs is 1. The number of nitrogens with zero attached hydrogens (tertiary/aromatic N) is 5. The van der Waals surface area contributed by atoms with Gasteiger partial charge in [-0.05, 0) is 43.0 Å². The number of anilines is 3. The maximum absolute atomic E-state index is 13.3. The number of pyridine rings is 1. The van der Waals surface area contributed by atoms with E-state index in [1.54, 1.807) is 24.1 Å². The van der Waals surface area contributed by atoms with Crippen molar-refractivity contribution in [3.05, 3.63) is 52.1 Å². The number of thiophene rings is 1. The highest BCUT2D eigenvalue weighted by Gasteiger charge is 2.28. The highest BCUT2D eigenvalue weighted by molar-refractivity contribution is 7.14. The zero-order chi connectivity index (χ0) is 25.9. The number of hydrogen-bond donors (Lipinski definition) is 2. The predicted molar refractivity (Wildman–Crippen MR) is 147 cm³/mol. The highest BCUT2D eigenvalue weighted by atomic mass is 32.1. The van der Waals surface area contributed by atoms with E-state index >= 15 is 0 Å². The molecule has 3 aromatic heterocycles. The lowest BCUT2D eigenvalue weighted by Gasteiger charge is -2.36. The molecule has 3 aromatic rings. The molecule has 10 heteroatoms. The Morgan fingerprint density at radius 1 is 1.16 bits per heavy atom. The van der Waals surface area contributed by atoms with Gasteiger partial charge in [-0.15, -0.1) is 11.3 Å². The summed E-state index contributed by atoms with van der Waals surface area (Å²) in [7, 11) is 3.87. The number of carbonyl (C=O) groups excluding carboxylic acids is 2. The average Bonchev–Trinajstić information content (AvgIpc) is 3.63. The van der Waals surface area contributed by atoms with Gasteiger partial charge in [0, 0.05) is 44.5 Å². The van der Waals surface area contributed by atoms with E-state index in [4.69, 9.17) is 0 Å². The van der Waals surface area contributed by atoms with E-state index in [9.17, 15) is 9.59 Å². The fourth-order valence-electron chi connectivity index (χ4n) is 5.26. The van der Waals surface area contributed by atoms with Crippen LogP contribution in [0, 0.1) is 12.8 Å². The van der Waals surface area contributed by atoms with Crippen LogP contribution in [0.1, 0.15) is 52.2 Å². The summed E-state index contributed by atoms with van der Waals surface area (Å²) in [5.74, 6) is 1.05. The van der Waals surface area contributed by atoms with Gasteiger partial charge < -0.3 is 20.4 Å². The quantitative estimate of drug-likeness (QED) is 0.466. The molecule has 1 fully saturated rings. The largest absolute Gasteiger partial charge is 0.362 e. The molecule has 1 aliphatic heterocycles. The minimum absolute atomic E-state index is 0.193. The van der Waals surface area contributed by atoms with E-state index in [0.29, 0.717) is 22.9 Å². The first-order valence-corrected chi connectivity index (χ1v) is 13.8. The summed E-state index contributed by atoms with van der Waals surface area (Å²) in [6, 6.07) is 5.47. The van der Waals surface area contributed by atoms with Crippen LogP contribution in [0.4, 0.5) is 17.2 Å². The van der Waals surface area contributed by atoms with E-state index in [1.807, 2.05) is 18.3 Å². The molecule has 1 atom stereocenters. The number of hydrogen-bond acceptors (Lipinski definition) is 7. The number of carbonyl (C=O) groups is 2. The number of aromatic nitrogens is 3. The normalized spacial score (nSPS) is 16.5. The third kappa shape index (κ3) is 5.95. The maximum atomic E-state index is 13.3. The molecule has 1 aliphatic carbocycles. The van der Waals surface area contributed by atoms with E-state index in [0.717, 1.165) is 54.4 Å². The molecule has 0 bridgehead atoms. The molecule has 2 amide bonds. The van der Waals surface area contributed by atoms with Crippen LogP contribution in [-0.4, -0.2) is 52.8 Å². The first-order valence-electron chi connectivity index (χ1n) is 13.0. The lowest BCUT2D eigenvalue weighted by molar-refractivity contribution is -0.118. The van der Waals surface area contributed by atoms with Gasteiger partial charge in [-0.3, -0.25) is 14.3 Å². The molecule has 37 heavy (non-hydrogen) atoms.